The molecule has 2 heteroatoms. The van der Waals surface area contributed by atoms with E-state index in [2.05, 4.69) is 11.4 Å². The summed E-state index contributed by atoms with van der Waals surface area (Å²) < 4.78 is 0. The van der Waals surface area contributed by atoms with Gasteiger partial charge in [-0.2, -0.15) is 0 Å². The van der Waals surface area contributed by atoms with Crippen molar-refractivity contribution in [2.75, 3.05) is 19.6 Å². The molecule has 0 radical (unpaired) electrons. The van der Waals surface area contributed by atoms with Crippen LogP contribution in [0, 0.1) is 0 Å². The van der Waals surface area contributed by atoms with Gasteiger partial charge in [0.1, 0.15) is 0 Å². The quantitative estimate of drug-likeness (QED) is 0.435. The highest BCUT2D eigenvalue weighted by molar-refractivity contribution is 5.01. The predicted octanol–water partition coefficient (Wildman–Crippen LogP) is 0.667. The van der Waals surface area contributed by atoms with Crippen LogP contribution in [-0.2, 0) is 0 Å². The summed E-state index contributed by atoms with van der Waals surface area (Å²) in [5.74, 6) is 0. The molecule has 0 aromatic heterocycles. The standard InChI is InChI=1S/C8H16N2/c1-2-3-4-5-7-10-8-6-9/h2-5,10H,6-9H2,1H3/b3-2+,5-4+. The van der Waals surface area contributed by atoms with E-state index in [1.807, 2.05) is 25.2 Å². The second-order valence-electron chi connectivity index (χ2n) is 1.95. The Balaban J connectivity index is 3.02. The molecule has 0 bridgehead atoms. The third-order valence-electron chi connectivity index (χ3n) is 1.02. The molecule has 0 fully saturated rings. The van der Waals surface area contributed by atoms with E-state index in [9.17, 15) is 0 Å². The van der Waals surface area contributed by atoms with Gasteiger partial charge in [0.25, 0.3) is 0 Å². The van der Waals surface area contributed by atoms with Gasteiger partial charge < -0.3 is 11.1 Å². The largest absolute Gasteiger partial charge is 0.329 e. The maximum atomic E-state index is 5.27. The Morgan fingerprint density at radius 3 is 2.80 bits per heavy atom. The molecular weight excluding hydrogens is 124 g/mol. The first-order valence-corrected chi connectivity index (χ1v) is 3.60. The van der Waals surface area contributed by atoms with Crippen LogP contribution in [0.3, 0.4) is 0 Å². The van der Waals surface area contributed by atoms with Gasteiger partial charge in [-0.3, -0.25) is 0 Å². The summed E-state index contributed by atoms with van der Waals surface area (Å²) in [5.41, 5.74) is 5.27. The molecule has 3 N–H and O–H groups in total. The molecule has 0 heterocycles. The lowest BCUT2D eigenvalue weighted by Crippen LogP contribution is -2.22. The number of hydrogen-bond acceptors (Lipinski definition) is 2. The molecule has 58 valence electrons. The first-order valence-electron chi connectivity index (χ1n) is 3.60. The fraction of sp³-hybridized carbons (Fsp3) is 0.500. The van der Waals surface area contributed by atoms with Gasteiger partial charge in [0.05, 0.1) is 0 Å². The van der Waals surface area contributed by atoms with Gasteiger partial charge in [0.2, 0.25) is 0 Å². The summed E-state index contributed by atoms with van der Waals surface area (Å²) in [6, 6.07) is 0. The number of nitrogens with one attached hydrogen (secondary N) is 1. The van der Waals surface area contributed by atoms with Crippen molar-refractivity contribution < 1.29 is 0 Å². The highest BCUT2D eigenvalue weighted by atomic mass is 14.9. The number of nitrogens with two attached hydrogens (primary N) is 1. The van der Waals surface area contributed by atoms with Crippen molar-refractivity contribution >= 4 is 0 Å². The average Bonchev–Trinajstić information content (AvgIpc) is 1.97. The van der Waals surface area contributed by atoms with Gasteiger partial charge >= 0.3 is 0 Å². The summed E-state index contributed by atoms with van der Waals surface area (Å²) in [6.07, 6.45) is 8.09. The molecule has 0 saturated carbocycles. The van der Waals surface area contributed by atoms with Crippen LogP contribution in [0.2, 0.25) is 0 Å². The van der Waals surface area contributed by atoms with Gasteiger partial charge in [-0.05, 0) is 6.92 Å². The zero-order valence-electron chi connectivity index (χ0n) is 6.51. The molecule has 0 spiro atoms. The van der Waals surface area contributed by atoms with E-state index in [0.717, 1.165) is 13.1 Å². The molecule has 0 amide bonds. The molecule has 0 aliphatic carbocycles. The van der Waals surface area contributed by atoms with E-state index < -0.39 is 0 Å². The van der Waals surface area contributed by atoms with Crippen LogP contribution in [0.1, 0.15) is 6.92 Å². The minimum atomic E-state index is 0.706. The van der Waals surface area contributed by atoms with Crippen molar-refractivity contribution in [2.45, 2.75) is 6.92 Å². The Morgan fingerprint density at radius 1 is 1.40 bits per heavy atom. The topological polar surface area (TPSA) is 38.0 Å². The lowest BCUT2D eigenvalue weighted by atomic mass is 10.4. The van der Waals surface area contributed by atoms with Crippen molar-refractivity contribution in [3.63, 3.8) is 0 Å². The maximum absolute atomic E-state index is 5.27. The van der Waals surface area contributed by atoms with Gasteiger partial charge in [-0.15, -0.1) is 0 Å². The summed E-state index contributed by atoms with van der Waals surface area (Å²) >= 11 is 0. The fourth-order valence-corrected chi connectivity index (χ4v) is 0.545. The van der Waals surface area contributed by atoms with E-state index in [-0.39, 0.29) is 0 Å². The van der Waals surface area contributed by atoms with Gasteiger partial charge in [-0.1, -0.05) is 24.3 Å². The molecule has 0 aromatic carbocycles. The molecule has 0 atom stereocenters. The van der Waals surface area contributed by atoms with Crippen LogP contribution in [0.25, 0.3) is 0 Å². The maximum Gasteiger partial charge on any atom is 0.0138 e. The van der Waals surface area contributed by atoms with Crippen LogP contribution in [0.15, 0.2) is 24.3 Å². The summed E-state index contributed by atoms with van der Waals surface area (Å²) in [7, 11) is 0. The lowest BCUT2D eigenvalue weighted by Gasteiger charge is -1.94. The monoisotopic (exact) mass is 140 g/mol. The second kappa shape index (κ2) is 8.40. The van der Waals surface area contributed by atoms with E-state index in [4.69, 9.17) is 5.73 Å². The third kappa shape index (κ3) is 7.40. The minimum Gasteiger partial charge on any atom is -0.329 e. The molecule has 0 rings (SSSR count). The Morgan fingerprint density at radius 2 is 2.20 bits per heavy atom. The van der Waals surface area contributed by atoms with Crippen LogP contribution >= 0.6 is 0 Å². The minimum absolute atomic E-state index is 0.706. The normalized spacial score (nSPS) is 11.8. The molecule has 0 unspecified atom stereocenters. The van der Waals surface area contributed by atoms with Crippen LogP contribution < -0.4 is 11.1 Å². The lowest BCUT2D eigenvalue weighted by molar-refractivity contribution is 0.754. The molecule has 0 aromatic rings. The van der Waals surface area contributed by atoms with Crippen molar-refractivity contribution in [3.8, 4) is 0 Å². The Labute approximate surface area is 62.8 Å². The second-order valence-corrected chi connectivity index (χ2v) is 1.95. The zero-order valence-corrected chi connectivity index (χ0v) is 6.51. The zero-order chi connectivity index (χ0) is 7.66. The molecule has 0 aliphatic rings. The van der Waals surface area contributed by atoms with Crippen molar-refractivity contribution in [1.29, 1.82) is 0 Å². The summed E-state index contributed by atoms with van der Waals surface area (Å²) in [6.45, 7) is 4.50. The number of rotatable bonds is 5. The fourth-order valence-electron chi connectivity index (χ4n) is 0.545. The summed E-state index contributed by atoms with van der Waals surface area (Å²) in [4.78, 5) is 0. The van der Waals surface area contributed by atoms with Gasteiger partial charge in [0, 0.05) is 19.6 Å². The highest BCUT2D eigenvalue weighted by Gasteiger charge is 1.75. The number of hydrogen-bond donors (Lipinski definition) is 2. The smallest absolute Gasteiger partial charge is 0.0138 e. The van der Waals surface area contributed by atoms with Gasteiger partial charge in [0.15, 0.2) is 0 Å². The van der Waals surface area contributed by atoms with Crippen LogP contribution in [0.5, 0.6) is 0 Å². The van der Waals surface area contributed by atoms with Gasteiger partial charge in [-0.25, -0.2) is 0 Å². The molecular formula is C8H16N2. The Bertz CT molecular complexity index is 106. The van der Waals surface area contributed by atoms with E-state index >= 15 is 0 Å². The predicted molar refractivity (Wildman–Crippen MR) is 45.9 cm³/mol. The highest BCUT2D eigenvalue weighted by Crippen LogP contribution is 1.73. The molecule has 2 nitrogen and oxygen atoms in total. The molecule has 0 aliphatic heterocycles. The molecule has 10 heavy (non-hydrogen) atoms. The summed E-state index contributed by atoms with van der Waals surface area (Å²) in [5, 5.41) is 3.15. The van der Waals surface area contributed by atoms with Crippen molar-refractivity contribution in [3.05, 3.63) is 24.3 Å². The van der Waals surface area contributed by atoms with Crippen molar-refractivity contribution in [2.24, 2.45) is 5.73 Å². The van der Waals surface area contributed by atoms with Crippen molar-refractivity contribution in [1.82, 2.24) is 5.32 Å². The molecule has 0 saturated heterocycles. The van der Waals surface area contributed by atoms with E-state index in [1.165, 1.54) is 0 Å². The van der Waals surface area contributed by atoms with E-state index in [1.54, 1.807) is 0 Å². The van der Waals surface area contributed by atoms with E-state index in [0.29, 0.717) is 6.54 Å². The SMILES string of the molecule is C/C=C/C=C/CNCCN. The number of allylic oxidation sites excluding steroid dienone is 3. The first kappa shape index (κ1) is 9.40. The third-order valence-corrected chi connectivity index (χ3v) is 1.02. The average molecular weight is 140 g/mol. The first-order chi connectivity index (χ1) is 4.91. The van der Waals surface area contributed by atoms with Crippen LogP contribution in [-0.4, -0.2) is 19.6 Å². The Kier molecular flexibility index (Phi) is 7.90. The van der Waals surface area contributed by atoms with Crippen LogP contribution in [0.4, 0.5) is 0 Å². The Hall–Kier alpha value is -0.600.